The predicted molar refractivity (Wildman–Crippen MR) is 66.6 cm³/mol. The van der Waals surface area contributed by atoms with E-state index in [0.717, 1.165) is 38.9 Å². The van der Waals surface area contributed by atoms with Gasteiger partial charge in [0.15, 0.2) is 0 Å². The van der Waals surface area contributed by atoms with Gasteiger partial charge in [0.2, 0.25) is 0 Å². The molecule has 0 N–H and O–H groups in total. The van der Waals surface area contributed by atoms with E-state index in [-0.39, 0.29) is 0 Å². The summed E-state index contributed by atoms with van der Waals surface area (Å²) in [4.78, 5) is 0. The van der Waals surface area contributed by atoms with Crippen molar-refractivity contribution in [2.45, 2.75) is 47.9 Å². The summed E-state index contributed by atoms with van der Waals surface area (Å²) in [6.07, 6.45) is 5.76. The van der Waals surface area contributed by atoms with E-state index >= 15 is 0 Å². The molecule has 0 radical (unpaired) electrons. The highest BCUT2D eigenvalue weighted by atomic mass is 127. The number of halogens is 1. The van der Waals surface area contributed by atoms with Crippen molar-refractivity contribution < 1.29 is 14.2 Å². The van der Waals surface area contributed by atoms with Gasteiger partial charge in [0, 0.05) is 7.11 Å². The number of hydrogen-bond donors (Lipinski definition) is 0. The van der Waals surface area contributed by atoms with Gasteiger partial charge in [0.1, 0.15) is 0 Å². The van der Waals surface area contributed by atoms with E-state index in [1.807, 2.05) is 0 Å². The SMILES string of the molecule is COC1CCC(OC2COCC2I)CC1. The molecular formula is C11H19IO3. The maximum atomic E-state index is 6.07. The number of hydrogen-bond acceptors (Lipinski definition) is 3. The molecule has 1 aliphatic heterocycles. The Morgan fingerprint density at radius 3 is 2.27 bits per heavy atom. The van der Waals surface area contributed by atoms with Gasteiger partial charge in [-0.25, -0.2) is 0 Å². The van der Waals surface area contributed by atoms with Gasteiger partial charge in [-0.15, -0.1) is 0 Å². The smallest absolute Gasteiger partial charge is 0.0951 e. The van der Waals surface area contributed by atoms with Crippen LogP contribution in [0, 0.1) is 0 Å². The number of rotatable bonds is 3. The minimum atomic E-state index is 0.315. The molecule has 1 heterocycles. The third-order valence-electron chi connectivity index (χ3n) is 3.28. The second-order valence-electron chi connectivity index (χ2n) is 4.36. The molecule has 0 bridgehead atoms. The standard InChI is InChI=1S/C11H19IO3/c1-13-8-2-4-9(5-3-8)15-11-7-14-6-10(11)12/h8-11H,2-7H2,1H3. The van der Waals surface area contributed by atoms with Crippen LogP contribution in [0.5, 0.6) is 0 Å². The van der Waals surface area contributed by atoms with Crippen molar-refractivity contribution >= 4 is 22.6 Å². The summed E-state index contributed by atoms with van der Waals surface area (Å²) in [5.74, 6) is 0. The third-order valence-corrected chi connectivity index (χ3v) is 4.45. The molecule has 0 aromatic rings. The summed E-state index contributed by atoms with van der Waals surface area (Å²) in [5.41, 5.74) is 0. The average molecular weight is 326 g/mol. The molecule has 0 aromatic heterocycles. The van der Waals surface area contributed by atoms with Gasteiger partial charge < -0.3 is 14.2 Å². The summed E-state index contributed by atoms with van der Waals surface area (Å²) in [6.45, 7) is 1.62. The van der Waals surface area contributed by atoms with E-state index in [2.05, 4.69) is 22.6 Å². The Hall–Kier alpha value is 0.610. The second kappa shape index (κ2) is 5.80. The first-order valence-corrected chi connectivity index (χ1v) is 6.94. The number of ether oxygens (including phenoxy) is 3. The topological polar surface area (TPSA) is 27.7 Å². The molecule has 0 spiro atoms. The Morgan fingerprint density at radius 1 is 1.07 bits per heavy atom. The minimum absolute atomic E-state index is 0.315. The van der Waals surface area contributed by atoms with Crippen LogP contribution in [-0.4, -0.2) is 42.6 Å². The van der Waals surface area contributed by atoms with E-state index in [1.165, 1.54) is 0 Å². The van der Waals surface area contributed by atoms with Gasteiger partial charge in [0.05, 0.1) is 35.5 Å². The van der Waals surface area contributed by atoms with Crippen molar-refractivity contribution in [3.8, 4) is 0 Å². The first kappa shape index (κ1) is 12.1. The molecule has 4 heteroatoms. The lowest BCUT2D eigenvalue weighted by molar-refractivity contribution is -0.0530. The van der Waals surface area contributed by atoms with Gasteiger partial charge in [-0.05, 0) is 25.7 Å². The van der Waals surface area contributed by atoms with Gasteiger partial charge in [0.25, 0.3) is 0 Å². The van der Waals surface area contributed by atoms with Crippen LogP contribution in [0.3, 0.4) is 0 Å². The molecule has 2 unspecified atom stereocenters. The van der Waals surface area contributed by atoms with Crippen molar-refractivity contribution in [2.24, 2.45) is 0 Å². The Labute approximate surface area is 105 Å². The van der Waals surface area contributed by atoms with Gasteiger partial charge >= 0.3 is 0 Å². The Morgan fingerprint density at radius 2 is 1.73 bits per heavy atom. The van der Waals surface area contributed by atoms with E-state index in [9.17, 15) is 0 Å². The summed E-state index contributed by atoms with van der Waals surface area (Å²) in [7, 11) is 1.80. The zero-order valence-corrected chi connectivity index (χ0v) is 11.3. The maximum absolute atomic E-state index is 6.07. The predicted octanol–water partition coefficient (Wildman–Crippen LogP) is 2.16. The number of methoxy groups -OCH3 is 1. The molecule has 1 saturated heterocycles. The van der Waals surface area contributed by atoms with Crippen molar-refractivity contribution in [1.29, 1.82) is 0 Å². The summed E-state index contributed by atoms with van der Waals surface area (Å²) in [5, 5.41) is 0. The minimum Gasteiger partial charge on any atom is -0.381 e. The second-order valence-corrected chi connectivity index (χ2v) is 5.96. The molecule has 2 aliphatic rings. The molecule has 1 saturated carbocycles. The van der Waals surface area contributed by atoms with Gasteiger partial charge in [-0.3, -0.25) is 0 Å². The molecular weight excluding hydrogens is 307 g/mol. The Bertz CT molecular complexity index is 192. The van der Waals surface area contributed by atoms with Crippen LogP contribution >= 0.6 is 22.6 Å². The zero-order valence-electron chi connectivity index (χ0n) is 9.15. The van der Waals surface area contributed by atoms with Crippen LogP contribution in [0.4, 0.5) is 0 Å². The fraction of sp³-hybridized carbons (Fsp3) is 1.00. The van der Waals surface area contributed by atoms with Crippen LogP contribution in [0.25, 0.3) is 0 Å². The largest absolute Gasteiger partial charge is 0.381 e. The summed E-state index contributed by atoms with van der Waals surface area (Å²) < 4.78 is 17.3. The monoisotopic (exact) mass is 326 g/mol. The fourth-order valence-corrected chi connectivity index (χ4v) is 2.92. The van der Waals surface area contributed by atoms with Crippen molar-refractivity contribution in [1.82, 2.24) is 0 Å². The zero-order chi connectivity index (χ0) is 10.7. The first-order valence-electron chi connectivity index (χ1n) is 5.69. The lowest BCUT2D eigenvalue weighted by atomic mass is 9.95. The molecule has 0 aromatic carbocycles. The maximum Gasteiger partial charge on any atom is 0.0951 e. The quantitative estimate of drug-likeness (QED) is 0.588. The first-order chi connectivity index (χ1) is 7.29. The Balaban J connectivity index is 1.72. The van der Waals surface area contributed by atoms with E-state index in [4.69, 9.17) is 14.2 Å². The highest BCUT2D eigenvalue weighted by Crippen LogP contribution is 2.27. The molecule has 0 amide bonds. The summed E-state index contributed by atoms with van der Waals surface area (Å²) in [6, 6.07) is 0. The highest BCUT2D eigenvalue weighted by Gasteiger charge is 2.31. The molecule has 2 rings (SSSR count). The van der Waals surface area contributed by atoms with Gasteiger partial charge in [-0.2, -0.15) is 0 Å². The molecule has 2 atom stereocenters. The normalized spacial score (nSPS) is 42.0. The molecule has 3 nitrogen and oxygen atoms in total. The molecule has 2 fully saturated rings. The van der Waals surface area contributed by atoms with Crippen molar-refractivity contribution in [3.05, 3.63) is 0 Å². The van der Waals surface area contributed by atoms with E-state index < -0.39 is 0 Å². The summed E-state index contributed by atoms with van der Waals surface area (Å²) >= 11 is 2.43. The third kappa shape index (κ3) is 3.28. The van der Waals surface area contributed by atoms with Crippen LogP contribution in [0.1, 0.15) is 25.7 Å². The number of alkyl halides is 1. The molecule has 15 heavy (non-hydrogen) atoms. The molecule has 88 valence electrons. The van der Waals surface area contributed by atoms with Gasteiger partial charge in [-0.1, -0.05) is 22.6 Å². The van der Waals surface area contributed by atoms with Crippen molar-refractivity contribution in [2.75, 3.05) is 20.3 Å². The lowest BCUT2D eigenvalue weighted by Gasteiger charge is -2.30. The van der Waals surface area contributed by atoms with Crippen LogP contribution in [0.2, 0.25) is 0 Å². The lowest BCUT2D eigenvalue weighted by Crippen LogP contribution is -2.32. The highest BCUT2D eigenvalue weighted by molar-refractivity contribution is 14.1. The van der Waals surface area contributed by atoms with E-state index in [0.29, 0.717) is 22.2 Å². The van der Waals surface area contributed by atoms with Crippen LogP contribution in [-0.2, 0) is 14.2 Å². The average Bonchev–Trinajstić information content (AvgIpc) is 2.66. The van der Waals surface area contributed by atoms with Crippen molar-refractivity contribution in [3.63, 3.8) is 0 Å². The van der Waals surface area contributed by atoms with Crippen LogP contribution in [0.15, 0.2) is 0 Å². The van der Waals surface area contributed by atoms with E-state index in [1.54, 1.807) is 7.11 Å². The molecule has 1 aliphatic carbocycles. The fourth-order valence-electron chi connectivity index (χ4n) is 2.28. The Kier molecular flexibility index (Phi) is 4.67. The van der Waals surface area contributed by atoms with Crippen LogP contribution < -0.4 is 0 Å².